The van der Waals surface area contributed by atoms with Crippen LogP contribution in [-0.2, 0) is 4.74 Å². The molecule has 0 aliphatic carbocycles. The number of nitrogens with one attached hydrogen (secondary N) is 1. The van der Waals surface area contributed by atoms with Crippen molar-refractivity contribution < 1.29 is 9.66 Å². The summed E-state index contributed by atoms with van der Waals surface area (Å²) in [5.74, 6) is 0.390. The summed E-state index contributed by atoms with van der Waals surface area (Å²) in [6.45, 7) is 4.66. The second-order valence-electron chi connectivity index (χ2n) is 5.40. The Hall–Kier alpha value is -2.20. The molecule has 2 rings (SSSR count). The molecule has 1 atom stereocenters. The van der Waals surface area contributed by atoms with Crippen molar-refractivity contribution in [2.75, 3.05) is 11.9 Å². The maximum absolute atomic E-state index is 10.7. The molecule has 1 aliphatic rings. The molecular weight excluding hydrogens is 260 g/mol. The lowest BCUT2D eigenvalue weighted by molar-refractivity contribution is -0.385. The van der Waals surface area contributed by atoms with Gasteiger partial charge in [-0.2, -0.15) is 5.26 Å². The van der Waals surface area contributed by atoms with Crippen LogP contribution in [0.3, 0.4) is 0 Å². The third-order valence-electron chi connectivity index (χ3n) is 3.24. The van der Waals surface area contributed by atoms with E-state index in [4.69, 9.17) is 10.00 Å². The summed E-state index contributed by atoms with van der Waals surface area (Å²) in [5, 5.41) is 22.9. The highest BCUT2D eigenvalue weighted by molar-refractivity contribution is 5.56. The number of nitriles is 1. The first-order valence-corrected chi connectivity index (χ1v) is 6.36. The lowest BCUT2D eigenvalue weighted by atomic mass is 9.94. The minimum absolute atomic E-state index is 0.139. The van der Waals surface area contributed by atoms with Crippen LogP contribution in [0.2, 0.25) is 0 Å². The Labute approximate surface area is 116 Å². The molecule has 1 fully saturated rings. The molecule has 106 valence electrons. The maximum Gasteiger partial charge on any atom is 0.289 e. The summed E-state index contributed by atoms with van der Waals surface area (Å²) in [6, 6.07) is 3.32. The first-order chi connectivity index (χ1) is 9.41. The molecule has 1 aromatic heterocycles. The van der Waals surface area contributed by atoms with Crippen molar-refractivity contribution in [3.05, 3.63) is 27.9 Å². The number of pyridine rings is 1. The van der Waals surface area contributed by atoms with Gasteiger partial charge in [0, 0.05) is 18.7 Å². The molecule has 0 amide bonds. The number of anilines is 1. The normalized spacial score (nSPS) is 20.9. The molecule has 7 heteroatoms. The summed E-state index contributed by atoms with van der Waals surface area (Å²) in [5.41, 5.74) is -0.216. The summed E-state index contributed by atoms with van der Waals surface area (Å²) in [6.07, 6.45) is 2.76. The number of aromatic nitrogens is 1. The topological polar surface area (TPSA) is 101 Å². The van der Waals surface area contributed by atoms with E-state index in [0.717, 1.165) is 19.0 Å². The Morgan fingerprint density at radius 1 is 1.65 bits per heavy atom. The van der Waals surface area contributed by atoms with Crippen LogP contribution >= 0.6 is 0 Å². The van der Waals surface area contributed by atoms with Crippen LogP contribution in [0, 0.1) is 21.4 Å². The van der Waals surface area contributed by atoms with E-state index in [0.29, 0.717) is 12.4 Å². The first-order valence-electron chi connectivity index (χ1n) is 6.36. The minimum Gasteiger partial charge on any atom is -0.375 e. The number of ether oxygens (including phenoxy) is 1. The largest absolute Gasteiger partial charge is 0.375 e. The van der Waals surface area contributed by atoms with Gasteiger partial charge in [0.05, 0.1) is 10.5 Å². The standard InChI is InChI=1S/C13H16N4O3/c1-13(2)6-10(3-4-20-13)16-12-9(7-14)5-11(8-15-12)17(18)19/h5,8,10H,3-4,6H2,1-2H3,(H,15,16). The lowest BCUT2D eigenvalue weighted by Crippen LogP contribution is -2.40. The minimum atomic E-state index is -0.560. The van der Waals surface area contributed by atoms with E-state index in [-0.39, 0.29) is 22.9 Å². The monoisotopic (exact) mass is 276 g/mol. The van der Waals surface area contributed by atoms with Gasteiger partial charge in [0.2, 0.25) is 0 Å². The van der Waals surface area contributed by atoms with Gasteiger partial charge >= 0.3 is 0 Å². The van der Waals surface area contributed by atoms with Gasteiger partial charge in [0.1, 0.15) is 23.6 Å². The third-order valence-corrected chi connectivity index (χ3v) is 3.24. The Morgan fingerprint density at radius 2 is 2.40 bits per heavy atom. The Kier molecular flexibility index (Phi) is 3.86. The highest BCUT2D eigenvalue weighted by Crippen LogP contribution is 2.27. The fourth-order valence-corrected chi connectivity index (χ4v) is 2.30. The molecule has 0 aromatic carbocycles. The molecule has 0 bridgehead atoms. The van der Waals surface area contributed by atoms with Crippen molar-refractivity contribution in [3.8, 4) is 6.07 Å². The molecule has 1 aliphatic heterocycles. The number of nitrogens with zero attached hydrogens (tertiary/aromatic N) is 3. The summed E-state index contributed by atoms with van der Waals surface area (Å²) in [7, 11) is 0. The highest BCUT2D eigenvalue weighted by Gasteiger charge is 2.29. The molecule has 2 heterocycles. The second-order valence-corrected chi connectivity index (χ2v) is 5.40. The van der Waals surface area contributed by atoms with E-state index in [9.17, 15) is 10.1 Å². The van der Waals surface area contributed by atoms with E-state index in [2.05, 4.69) is 10.3 Å². The quantitative estimate of drug-likeness (QED) is 0.671. The summed E-state index contributed by atoms with van der Waals surface area (Å²) in [4.78, 5) is 14.1. The van der Waals surface area contributed by atoms with Crippen LogP contribution in [0.25, 0.3) is 0 Å². The molecule has 0 saturated carbocycles. The van der Waals surface area contributed by atoms with Crippen molar-refractivity contribution in [1.82, 2.24) is 4.98 Å². The Morgan fingerprint density at radius 3 is 3.00 bits per heavy atom. The van der Waals surface area contributed by atoms with Gasteiger partial charge in [-0.15, -0.1) is 0 Å². The van der Waals surface area contributed by atoms with E-state index in [1.54, 1.807) is 0 Å². The molecule has 1 saturated heterocycles. The smallest absolute Gasteiger partial charge is 0.289 e. The molecule has 0 radical (unpaired) electrons. The molecule has 7 nitrogen and oxygen atoms in total. The zero-order chi connectivity index (χ0) is 14.8. The van der Waals surface area contributed by atoms with Crippen LogP contribution in [0.1, 0.15) is 32.3 Å². The predicted octanol–water partition coefficient (Wildman–Crippen LogP) is 2.23. The Balaban J connectivity index is 2.17. The number of nitro groups is 1. The predicted molar refractivity (Wildman–Crippen MR) is 72.3 cm³/mol. The van der Waals surface area contributed by atoms with Crippen molar-refractivity contribution in [3.63, 3.8) is 0 Å². The van der Waals surface area contributed by atoms with E-state index >= 15 is 0 Å². The molecule has 1 unspecified atom stereocenters. The summed E-state index contributed by atoms with van der Waals surface area (Å²) < 4.78 is 5.63. The fourth-order valence-electron chi connectivity index (χ4n) is 2.30. The van der Waals surface area contributed by atoms with E-state index < -0.39 is 4.92 Å². The SMILES string of the molecule is CC1(C)CC(Nc2ncc([N+](=O)[O-])cc2C#N)CCO1. The molecule has 1 N–H and O–H groups in total. The third kappa shape index (κ3) is 3.22. The van der Waals surface area contributed by atoms with Crippen LogP contribution in [-0.4, -0.2) is 28.2 Å². The van der Waals surface area contributed by atoms with Gasteiger partial charge in [-0.05, 0) is 26.7 Å². The van der Waals surface area contributed by atoms with Gasteiger partial charge in [0.25, 0.3) is 5.69 Å². The molecule has 0 spiro atoms. The van der Waals surface area contributed by atoms with Crippen LogP contribution in [0.4, 0.5) is 11.5 Å². The Bertz CT molecular complexity index is 565. The van der Waals surface area contributed by atoms with Crippen LogP contribution < -0.4 is 5.32 Å². The van der Waals surface area contributed by atoms with Crippen molar-refractivity contribution in [1.29, 1.82) is 5.26 Å². The van der Waals surface area contributed by atoms with Crippen LogP contribution in [0.5, 0.6) is 0 Å². The number of rotatable bonds is 3. The fraction of sp³-hybridized carbons (Fsp3) is 0.538. The lowest BCUT2D eigenvalue weighted by Gasteiger charge is -2.36. The second kappa shape index (κ2) is 5.43. The molecular formula is C13H16N4O3. The van der Waals surface area contributed by atoms with E-state index in [1.807, 2.05) is 19.9 Å². The van der Waals surface area contributed by atoms with Crippen molar-refractivity contribution in [2.45, 2.75) is 38.3 Å². The zero-order valence-corrected chi connectivity index (χ0v) is 11.4. The zero-order valence-electron chi connectivity index (χ0n) is 11.4. The van der Waals surface area contributed by atoms with Gasteiger partial charge in [-0.25, -0.2) is 4.98 Å². The highest BCUT2D eigenvalue weighted by atomic mass is 16.6. The number of hydrogen-bond donors (Lipinski definition) is 1. The van der Waals surface area contributed by atoms with Gasteiger partial charge < -0.3 is 10.1 Å². The van der Waals surface area contributed by atoms with Gasteiger partial charge in [-0.1, -0.05) is 0 Å². The van der Waals surface area contributed by atoms with Crippen LogP contribution in [0.15, 0.2) is 12.3 Å². The first kappa shape index (κ1) is 14.2. The molecule has 20 heavy (non-hydrogen) atoms. The van der Waals surface area contributed by atoms with E-state index in [1.165, 1.54) is 6.07 Å². The summed E-state index contributed by atoms with van der Waals surface area (Å²) >= 11 is 0. The maximum atomic E-state index is 10.7. The van der Waals surface area contributed by atoms with Crippen molar-refractivity contribution in [2.24, 2.45) is 0 Å². The van der Waals surface area contributed by atoms with Crippen molar-refractivity contribution >= 4 is 11.5 Å². The average Bonchev–Trinajstić information content (AvgIpc) is 2.37. The number of hydrogen-bond acceptors (Lipinski definition) is 6. The average molecular weight is 276 g/mol. The van der Waals surface area contributed by atoms with Gasteiger partial charge in [-0.3, -0.25) is 10.1 Å². The van der Waals surface area contributed by atoms with Gasteiger partial charge in [0.15, 0.2) is 0 Å². The molecule has 1 aromatic rings.